The molecule has 0 spiro atoms. The lowest BCUT2D eigenvalue weighted by Gasteiger charge is -2.10. The number of nitrogens with one attached hydrogen (secondary N) is 1. The second kappa shape index (κ2) is 8.57. The first kappa shape index (κ1) is 18.9. The molecule has 2 amide bonds. The van der Waals surface area contributed by atoms with Gasteiger partial charge in [0.15, 0.2) is 5.16 Å². The van der Waals surface area contributed by atoms with Gasteiger partial charge in [-0.15, -0.1) is 0 Å². The van der Waals surface area contributed by atoms with Gasteiger partial charge < -0.3 is 11.1 Å². The summed E-state index contributed by atoms with van der Waals surface area (Å²) < 4.78 is 12.9. The van der Waals surface area contributed by atoms with Gasteiger partial charge in [0.1, 0.15) is 5.82 Å². The Hall–Kier alpha value is -2.48. The monoisotopic (exact) mass is 362 g/mol. The molecule has 0 atom stereocenters. The number of hydrogen-bond acceptors (Lipinski definition) is 5. The first-order valence-corrected chi connectivity index (χ1v) is 8.64. The summed E-state index contributed by atoms with van der Waals surface area (Å²) in [4.78, 5) is 31.6. The lowest BCUT2D eigenvalue weighted by molar-refractivity contribution is -0.116. The average molecular weight is 362 g/mol. The largest absolute Gasteiger partial charge is 0.369 e. The number of carbonyl (C=O) groups excluding carboxylic acids is 2. The molecule has 0 radical (unpaired) electrons. The van der Waals surface area contributed by atoms with E-state index < -0.39 is 5.91 Å². The number of amides is 2. The molecule has 0 saturated carbocycles. The molecule has 2 rings (SSSR count). The Bertz CT molecular complexity index is 758. The van der Waals surface area contributed by atoms with Crippen molar-refractivity contribution in [1.29, 1.82) is 0 Å². The lowest BCUT2D eigenvalue weighted by Crippen LogP contribution is -2.15. The van der Waals surface area contributed by atoms with E-state index in [-0.39, 0.29) is 23.9 Å². The topological polar surface area (TPSA) is 98.0 Å². The Morgan fingerprint density at radius 3 is 2.32 bits per heavy atom. The Morgan fingerprint density at radius 2 is 1.76 bits per heavy atom. The van der Waals surface area contributed by atoms with Gasteiger partial charge in [-0.2, -0.15) is 0 Å². The number of anilines is 1. The number of thioether (sulfide) groups is 1. The molecule has 1 heterocycles. The van der Waals surface area contributed by atoms with Crippen molar-refractivity contribution in [3.8, 4) is 0 Å². The van der Waals surface area contributed by atoms with Crippen molar-refractivity contribution in [3.63, 3.8) is 0 Å². The number of aryl methyl sites for hydroxylation is 2. The fraction of sp³-hybridized carbons (Fsp3) is 0.294. The number of halogens is 1. The Labute approximate surface area is 149 Å². The molecule has 132 valence electrons. The SMILES string of the molecule is Cc1nc(SCC(N)=O)nc(C)c1CCC(=O)Nc1ccc(F)cc1. The molecule has 1 aromatic heterocycles. The Balaban J connectivity index is 1.96. The second-order valence-electron chi connectivity index (χ2n) is 5.47. The number of aromatic nitrogens is 2. The quantitative estimate of drug-likeness (QED) is 0.582. The maximum Gasteiger partial charge on any atom is 0.227 e. The van der Waals surface area contributed by atoms with Crippen LogP contribution in [0.2, 0.25) is 0 Å². The van der Waals surface area contributed by atoms with E-state index >= 15 is 0 Å². The standard InChI is InChI=1S/C17H19FN4O2S/c1-10-14(11(2)21-17(20-10)25-9-15(19)23)7-8-16(24)22-13-5-3-12(18)4-6-13/h3-6H,7-9H2,1-2H3,(H2,19,23)(H,22,24). The Kier molecular flexibility index (Phi) is 6.46. The van der Waals surface area contributed by atoms with Crippen LogP contribution in [0.5, 0.6) is 0 Å². The Morgan fingerprint density at radius 1 is 1.16 bits per heavy atom. The summed E-state index contributed by atoms with van der Waals surface area (Å²) in [6.07, 6.45) is 0.752. The molecule has 0 aliphatic rings. The second-order valence-corrected chi connectivity index (χ2v) is 6.41. The van der Waals surface area contributed by atoms with Crippen LogP contribution in [-0.2, 0) is 16.0 Å². The highest BCUT2D eigenvalue weighted by Crippen LogP contribution is 2.19. The molecule has 0 fully saturated rings. The van der Waals surface area contributed by atoms with Gasteiger partial charge in [0.05, 0.1) is 5.75 Å². The number of nitrogens with zero attached hydrogens (tertiary/aromatic N) is 2. The molecule has 1 aromatic carbocycles. The molecule has 6 nitrogen and oxygen atoms in total. The summed E-state index contributed by atoms with van der Waals surface area (Å²) in [5, 5.41) is 3.21. The normalized spacial score (nSPS) is 10.5. The third-order valence-electron chi connectivity index (χ3n) is 3.47. The number of rotatable bonds is 7. The van der Waals surface area contributed by atoms with Crippen LogP contribution in [0.3, 0.4) is 0 Å². The number of carbonyl (C=O) groups is 2. The van der Waals surface area contributed by atoms with E-state index in [4.69, 9.17) is 5.73 Å². The van der Waals surface area contributed by atoms with E-state index in [1.165, 1.54) is 36.0 Å². The van der Waals surface area contributed by atoms with Crippen molar-refractivity contribution in [2.75, 3.05) is 11.1 Å². The molecule has 0 bridgehead atoms. The van der Waals surface area contributed by atoms with E-state index in [1.807, 2.05) is 13.8 Å². The first-order chi connectivity index (χ1) is 11.8. The zero-order valence-electron chi connectivity index (χ0n) is 14.0. The summed E-state index contributed by atoms with van der Waals surface area (Å²) in [5.74, 6) is -0.822. The van der Waals surface area contributed by atoms with Gasteiger partial charge in [-0.25, -0.2) is 14.4 Å². The fourth-order valence-corrected chi connectivity index (χ4v) is 2.94. The average Bonchev–Trinajstić information content (AvgIpc) is 2.54. The minimum Gasteiger partial charge on any atom is -0.369 e. The molecule has 0 unspecified atom stereocenters. The third-order valence-corrected chi connectivity index (χ3v) is 4.34. The minimum atomic E-state index is -0.426. The van der Waals surface area contributed by atoms with Crippen LogP contribution < -0.4 is 11.1 Å². The van der Waals surface area contributed by atoms with E-state index in [0.717, 1.165) is 17.0 Å². The molecule has 0 aliphatic carbocycles. The van der Waals surface area contributed by atoms with Crippen LogP contribution in [0.15, 0.2) is 29.4 Å². The first-order valence-electron chi connectivity index (χ1n) is 7.66. The minimum absolute atomic E-state index is 0.123. The van der Waals surface area contributed by atoms with Gasteiger partial charge in [0.25, 0.3) is 0 Å². The van der Waals surface area contributed by atoms with Crippen molar-refractivity contribution in [1.82, 2.24) is 9.97 Å². The summed E-state index contributed by atoms with van der Waals surface area (Å²) in [6, 6.07) is 5.61. The fourth-order valence-electron chi connectivity index (χ4n) is 2.27. The maximum atomic E-state index is 12.9. The van der Waals surface area contributed by atoms with Crippen molar-refractivity contribution >= 4 is 29.3 Å². The molecule has 25 heavy (non-hydrogen) atoms. The van der Waals surface area contributed by atoms with E-state index in [2.05, 4.69) is 15.3 Å². The maximum absolute atomic E-state index is 12.9. The number of hydrogen-bond donors (Lipinski definition) is 2. The zero-order valence-corrected chi connectivity index (χ0v) is 14.8. The highest BCUT2D eigenvalue weighted by molar-refractivity contribution is 7.99. The smallest absolute Gasteiger partial charge is 0.227 e. The van der Waals surface area contributed by atoms with Crippen LogP contribution in [0, 0.1) is 19.7 Å². The predicted molar refractivity (Wildman–Crippen MR) is 94.8 cm³/mol. The molecular weight excluding hydrogens is 343 g/mol. The molecule has 0 saturated heterocycles. The van der Waals surface area contributed by atoms with Crippen LogP contribution in [-0.4, -0.2) is 27.5 Å². The van der Waals surface area contributed by atoms with Crippen molar-refractivity contribution in [2.24, 2.45) is 5.73 Å². The van der Waals surface area contributed by atoms with Gasteiger partial charge in [0.2, 0.25) is 11.8 Å². The van der Waals surface area contributed by atoms with Crippen molar-refractivity contribution in [3.05, 3.63) is 47.0 Å². The van der Waals surface area contributed by atoms with Gasteiger partial charge in [0, 0.05) is 23.5 Å². The highest BCUT2D eigenvalue weighted by atomic mass is 32.2. The third kappa shape index (κ3) is 5.82. The van der Waals surface area contributed by atoms with Crippen LogP contribution in [0.4, 0.5) is 10.1 Å². The predicted octanol–water partition coefficient (Wildman–Crippen LogP) is 2.38. The van der Waals surface area contributed by atoms with E-state index in [1.54, 1.807) is 0 Å². The van der Waals surface area contributed by atoms with Gasteiger partial charge in [-0.3, -0.25) is 9.59 Å². The van der Waals surface area contributed by atoms with Crippen molar-refractivity contribution < 1.29 is 14.0 Å². The summed E-state index contributed by atoms with van der Waals surface area (Å²) in [7, 11) is 0. The van der Waals surface area contributed by atoms with Crippen molar-refractivity contribution in [2.45, 2.75) is 31.8 Å². The van der Waals surface area contributed by atoms with Crippen LogP contribution >= 0.6 is 11.8 Å². The number of benzene rings is 1. The van der Waals surface area contributed by atoms with Gasteiger partial charge in [-0.05, 0) is 50.1 Å². The summed E-state index contributed by atoms with van der Waals surface area (Å²) >= 11 is 1.19. The molecule has 8 heteroatoms. The summed E-state index contributed by atoms with van der Waals surface area (Å²) in [6.45, 7) is 3.69. The molecule has 0 aliphatic heterocycles. The van der Waals surface area contributed by atoms with Gasteiger partial charge in [-0.1, -0.05) is 11.8 Å². The van der Waals surface area contributed by atoms with E-state index in [0.29, 0.717) is 17.3 Å². The summed E-state index contributed by atoms with van der Waals surface area (Å²) in [5.41, 5.74) is 8.11. The van der Waals surface area contributed by atoms with E-state index in [9.17, 15) is 14.0 Å². The van der Waals surface area contributed by atoms with Crippen LogP contribution in [0.1, 0.15) is 23.4 Å². The van der Waals surface area contributed by atoms with Gasteiger partial charge >= 0.3 is 0 Å². The number of nitrogens with two attached hydrogens (primary N) is 1. The number of primary amides is 1. The molecule has 3 N–H and O–H groups in total. The molecule has 2 aromatic rings. The highest BCUT2D eigenvalue weighted by Gasteiger charge is 2.12. The van der Waals surface area contributed by atoms with Crippen LogP contribution in [0.25, 0.3) is 0 Å². The molecular formula is C17H19FN4O2S. The zero-order chi connectivity index (χ0) is 18.4. The lowest BCUT2D eigenvalue weighted by atomic mass is 10.1.